The number of benzene rings is 4. The molecule has 0 aromatic heterocycles. The number of rotatable bonds is 8. The maximum Gasteiger partial charge on any atom is 0.264 e. The molecule has 2 bridgehead atoms. The third-order valence-corrected chi connectivity index (χ3v) is 9.49. The summed E-state index contributed by atoms with van der Waals surface area (Å²) in [7, 11) is -3.96. The van der Waals surface area contributed by atoms with Crippen LogP contribution in [-0.2, 0) is 32.8 Å². The van der Waals surface area contributed by atoms with Crippen LogP contribution in [0.25, 0.3) is 0 Å². The van der Waals surface area contributed by atoms with Crippen molar-refractivity contribution in [2.45, 2.75) is 49.4 Å². The van der Waals surface area contributed by atoms with Crippen molar-refractivity contribution in [3.8, 4) is 0 Å². The van der Waals surface area contributed by atoms with Crippen LogP contribution >= 0.6 is 0 Å². The average molecular weight is 539 g/mol. The van der Waals surface area contributed by atoms with Gasteiger partial charge >= 0.3 is 0 Å². The fourth-order valence-corrected chi connectivity index (χ4v) is 7.49. The molecule has 1 aliphatic heterocycles. The van der Waals surface area contributed by atoms with Crippen LogP contribution in [0.4, 0.5) is 5.69 Å². The van der Waals surface area contributed by atoms with Gasteiger partial charge in [-0.1, -0.05) is 96.6 Å². The van der Waals surface area contributed by atoms with Crippen LogP contribution in [0.5, 0.6) is 0 Å². The molecule has 0 amide bonds. The first-order valence-corrected chi connectivity index (χ1v) is 14.6. The lowest BCUT2D eigenvalue weighted by atomic mass is 9.87. The van der Waals surface area contributed by atoms with Crippen LogP contribution in [0.1, 0.15) is 34.6 Å². The van der Waals surface area contributed by atoms with Crippen LogP contribution in [0.15, 0.2) is 114 Å². The molecular weight excluding hydrogens is 508 g/mol. The van der Waals surface area contributed by atoms with Gasteiger partial charge in [0.15, 0.2) is 0 Å². The summed E-state index contributed by atoms with van der Waals surface area (Å²) in [5.41, 5.74) is 4.28. The number of carbonyl (C=O) groups is 1. The molecule has 7 heteroatoms. The number of aryl methyl sites for hydroxylation is 1. The second kappa shape index (κ2) is 10.4. The topological polar surface area (TPSA) is 66.9 Å². The summed E-state index contributed by atoms with van der Waals surface area (Å²) >= 11 is 0. The summed E-state index contributed by atoms with van der Waals surface area (Å²) in [5.74, 6) is -0.462. The van der Waals surface area contributed by atoms with Gasteiger partial charge in [0.05, 0.1) is 35.2 Å². The Kier molecular flexibility index (Phi) is 6.81. The Labute approximate surface area is 229 Å². The number of carbonyl (C=O) groups excluding carboxylic acids is 1. The largest absolute Gasteiger partial charge is 0.299 e. The van der Waals surface area contributed by atoms with E-state index in [1.54, 1.807) is 24.3 Å². The van der Waals surface area contributed by atoms with Gasteiger partial charge in [-0.3, -0.25) is 13.9 Å². The van der Waals surface area contributed by atoms with E-state index < -0.39 is 28.0 Å². The highest BCUT2D eigenvalue weighted by atomic mass is 32.2. The average Bonchev–Trinajstić information content (AvgIpc) is 3.21. The lowest BCUT2D eigenvalue weighted by molar-refractivity contribution is -0.208. The Bertz CT molecular complexity index is 1570. The van der Waals surface area contributed by atoms with E-state index in [4.69, 9.17) is 4.84 Å². The minimum absolute atomic E-state index is 0.0282. The molecule has 1 heterocycles. The molecule has 1 fully saturated rings. The molecule has 6 rings (SSSR count). The third-order valence-electron chi connectivity index (χ3n) is 7.63. The Morgan fingerprint density at radius 3 is 2.13 bits per heavy atom. The number of anilines is 1. The van der Waals surface area contributed by atoms with Crippen molar-refractivity contribution in [2.75, 3.05) is 4.31 Å². The smallest absolute Gasteiger partial charge is 0.264 e. The first kappa shape index (κ1) is 25.5. The second-order valence-electron chi connectivity index (χ2n) is 10.2. The van der Waals surface area contributed by atoms with Crippen molar-refractivity contribution in [2.24, 2.45) is 0 Å². The molecule has 2 aliphatic rings. The normalized spacial score (nSPS) is 20.3. The Morgan fingerprint density at radius 1 is 0.821 bits per heavy atom. The van der Waals surface area contributed by atoms with E-state index in [0.29, 0.717) is 18.8 Å². The van der Waals surface area contributed by atoms with Gasteiger partial charge in [0.25, 0.3) is 10.0 Å². The predicted molar refractivity (Wildman–Crippen MR) is 150 cm³/mol. The molecule has 4 aromatic rings. The van der Waals surface area contributed by atoms with E-state index in [1.807, 2.05) is 96.9 Å². The molecule has 198 valence electrons. The molecule has 0 spiro atoms. The van der Waals surface area contributed by atoms with Crippen molar-refractivity contribution in [3.05, 3.63) is 131 Å². The molecule has 0 radical (unpaired) electrons. The molecule has 4 aromatic carbocycles. The molecule has 6 nitrogen and oxygen atoms in total. The van der Waals surface area contributed by atoms with Gasteiger partial charge in [-0.25, -0.2) is 8.42 Å². The molecule has 0 N–H and O–H groups in total. The number of para-hydroxylation sites is 1. The van der Waals surface area contributed by atoms with Crippen molar-refractivity contribution < 1.29 is 18.0 Å². The monoisotopic (exact) mass is 538 g/mol. The van der Waals surface area contributed by atoms with Gasteiger partial charge < -0.3 is 0 Å². The fourth-order valence-electron chi connectivity index (χ4n) is 5.80. The zero-order chi connectivity index (χ0) is 27.0. The lowest BCUT2D eigenvalue weighted by Crippen LogP contribution is -2.55. The van der Waals surface area contributed by atoms with Crippen molar-refractivity contribution >= 4 is 21.5 Å². The summed E-state index contributed by atoms with van der Waals surface area (Å²) < 4.78 is 29.9. The van der Waals surface area contributed by atoms with Crippen molar-refractivity contribution in [1.82, 2.24) is 5.06 Å². The molecule has 1 saturated carbocycles. The highest BCUT2D eigenvalue weighted by Crippen LogP contribution is 2.50. The first-order valence-electron chi connectivity index (χ1n) is 13.1. The second-order valence-corrected chi connectivity index (χ2v) is 12.0. The predicted octanol–water partition coefficient (Wildman–Crippen LogP) is 5.63. The Hall–Kier alpha value is -3.78. The SMILES string of the molecule is Cc1ccc(S(=O)(=O)N2c3ccccc3C3C(=O)CC2C3N(Cc2ccccc2)OCc2ccccc2)cc1. The lowest BCUT2D eigenvalue weighted by Gasteiger charge is -2.44. The van der Waals surface area contributed by atoms with E-state index in [2.05, 4.69) is 0 Å². The molecule has 39 heavy (non-hydrogen) atoms. The number of Topliss-reactive ketones (excluding diaryl/α,β-unsaturated/α-hetero) is 1. The highest BCUT2D eigenvalue weighted by Gasteiger charge is 2.56. The minimum atomic E-state index is -3.96. The van der Waals surface area contributed by atoms with Crippen molar-refractivity contribution in [1.29, 1.82) is 0 Å². The maximum absolute atomic E-state index is 14.2. The highest BCUT2D eigenvalue weighted by molar-refractivity contribution is 7.92. The van der Waals surface area contributed by atoms with E-state index in [1.165, 1.54) is 4.31 Å². The van der Waals surface area contributed by atoms with Crippen LogP contribution in [-0.4, -0.2) is 31.3 Å². The number of hydrogen-bond acceptors (Lipinski definition) is 5. The van der Waals surface area contributed by atoms with Gasteiger partial charge in [-0.05, 0) is 41.8 Å². The van der Waals surface area contributed by atoms with Gasteiger partial charge in [0, 0.05) is 13.0 Å². The van der Waals surface area contributed by atoms with E-state index in [0.717, 1.165) is 22.3 Å². The van der Waals surface area contributed by atoms with Gasteiger partial charge in [0.2, 0.25) is 0 Å². The Balaban J connectivity index is 1.45. The van der Waals surface area contributed by atoms with Crippen molar-refractivity contribution in [3.63, 3.8) is 0 Å². The van der Waals surface area contributed by atoms with E-state index in [-0.39, 0.29) is 17.1 Å². The Morgan fingerprint density at radius 2 is 1.44 bits per heavy atom. The fraction of sp³-hybridized carbons (Fsp3) is 0.219. The molecule has 3 unspecified atom stereocenters. The summed E-state index contributed by atoms with van der Waals surface area (Å²) in [6, 6.07) is 32.9. The number of sulfonamides is 1. The van der Waals surface area contributed by atoms with E-state index in [9.17, 15) is 13.2 Å². The van der Waals surface area contributed by atoms with Crippen LogP contribution in [0.3, 0.4) is 0 Å². The van der Waals surface area contributed by atoms with Gasteiger partial charge in [0.1, 0.15) is 5.78 Å². The molecule has 0 saturated heterocycles. The standard InChI is InChI=1S/C32H30N2O4S/c1-23-16-18-26(19-17-23)39(36,37)34-28-15-9-8-14-27(28)31-30(35)20-29(34)32(31)33(21-24-10-4-2-5-11-24)38-22-25-12-6-3-7-13-25/h2-19,29,31-32H,20-22H2,1H3. The first-order chi connectivity index (χ1) is 18.9. The number of fused-ring (bicyclic) bond motifs is 4. The van der Waals surface area contributed by atoms with Crippen LogP contribution < -0.4 is 4.31 Å². The zero-order valence-corrected chi connectivity index (χ0v) is 22.5. The molecule has 3 atom stereocenters. The van der Waals surface area contributed by atoms with Crippen LogP contribution in [0.2, 0.25) is 0 Å². The molecule has 1 aliphatic carbocycles. The molecular formula is C32H30N2O4S. The van der Waals surface area contributed by atoms with E-state index >= 15 is 0 Å². The van der Waals surface area contributed by atoms with Crippen LogP contribution in [0, 0.1) is 6.92 Å². The minimum Gasteiger partial charge on any atom is -0.299 e. The summed E-state index contributed by atoms with van der Waals surface area (Å²) in [6.07, 6.45) is 0.120. The number of hydrogen-bond donors (Lipinski definition) is 0. The summed E-state index contributed by atoms with van der Waals surface area (Å²) in [6.45, 7) is 2.65. The number of hydroxylamine groups is 2. The third kappa shape index (κ3) is 4.78. The zero-order valence-electron chi connectivity index (χ0n) is 21.7. The van der Waals surface area contributed by atoms with Gasteiger partial charge in [-0.2, -0.15) is 5.06 Å². The summed E-state index contributed by atoms with van der Waals surface area (Å²) in [4.78, 5) is 20.3. The summed E-state index contributed by atoms with van der Waals surface area (Å²) in [5, 5.41) is 1.84. The number of ketones is 1. The quantitative estimate of drug-likeness (QED) is 0.272. The van der Waals surface area contributed by atoms with Gasteiger partial charge in [-0.15, -0.1) is 0 Å². The number of nitrogens with zero attached hydrogens (tertiary/aromatic N) is 2. The maximum atomic E-state index is 14.2.